The summed E-state index contributed by atoms with van der Waals surface area (Å²) in [7, 11) is 0. The predicted molar refractivity (Wildman–Crippen MR) is 68.6 cm³/mol. The molecule has 0 unspecified atom stereocenters. The van der Waals surface area contributed by atoms with Crippen molar-refractivity contribution in [2.24, 2.45) is 0 Å². The molecular formula is C13H13FN2O3. The van der Waals surface area contributed by atoms with Gasteiger partial charge in [0.1, 0.15) is 5.82 Å². The monoisotopic (exact) mass is 264 g/mol. The number of aliphatic hydroxyl groups excluding tert-OH is 1. The number of H-pyrrole nitrogens is 1. The summed E-state index contributed by atoms with van der Waals surface area (Å²) in [4.78, 5) is 25.9. The van der Waals surface area contributed by atoms with E-state index in [2.05, 4.69) is 10.3 Å². The molecule has 0 bridgehead atoms. The minimum absolute atomic E-state index is 0.0262. The van der Waals surface area contributed by atoms with Gasteiger partial charge in [0, 0.05) is 24.6 Å². The molecule has 6 heteroatoms. The Morgan fingerprint density at radius 2 is 2.16 bits per heavy atom. The molecule has 19 heavy (non-hydrogen) atoms. The lowest BCUT2D eigenvalue weighted by atomic mass is 10.1. The number of fused-ring (bicyclic) bond motifs is 1. The number of pyridine rings is 1. The summed E-state index contributed by atoms with van der Waals surface area (Å²) in [6.45, 7) is 0.284. The van der Waals surface area contributed by atoms with Crippen molar-refractivity contribution in [3.05, 3.63) is 46.0 Å². The lowest BCUT2D eigenvalue weighted by Crippen LogP contribution is -2.26. The lowest BCUT2D eigenvalue weighted by molar-refractivity contribution is 0.0952. The van der Waals surface area contributed by atoms with Crippen LogP contribution in [0.1, 0.15) is 16.8 Å². The van der Waals surface area contributed by atoms with Gasteiger partial charge in [-0.2, -0.15) is 0 Å². The van der Waals surface area contributed by atoms with E-state index in [9.17, 15) is 14.0 Å². The van der Waals surface area contributed by atoms with Crippen molar-refractivity contribution in [3.8, 4) is 0 Å². The lowest BCUT2D eigenvalue weighted by Gasteiger charge is -2.07. The molecule has 0 saturated carbocycles. The second-order valence-corrected chi connectivity index (χ2v) is 4.07. The summed E-state index contributed by atoms with van der Waals surface area (Å²) in [5.41, 5.74) is 0.00176. The Bertz CT molecular complexity index is 666. The smallest absolute Gasteiger partial charge is 0.252 e. The first-order chi connectivity index (χ1) is 9.11. The molecule has 0 aliphatic heterocycles. The summed E-state index contributed by atoms with van der Waals surface area (Å²) in [5, 5.41) is 11.7. The topological polar surface area (TPSA) is 82.2 Å². The molecule has 0 aliphatic rings. The minimum Gasteiger partial charge on any atom is -0.396 e. The number of carbonyl (C=O) groups excluding carboxylic acids is 1. The maximum Gasteiger partial charge on any atom is 0.252 e. The number of aliphatic hydroxyl groups is 1. The summed E-state index contributed by atoms with van der Waals surface area (Å²) in [6, 6.07) is 5.02. The first kappa shape index (κ1) is 13.2. The third kappa shape index (κ3) is 2.97. The van der Waals surface area contributed by atoms with Crippen LogP contribution in [0, 0.1) is 5.82 Å². The van der Waals surface area contributed by atoms with Crippen LogP contribution < -0.4 is 10.9 Å². The van der Waals surface area contributed by atoms with E-state index >= 15 is 0 Å². The number of halogens is 1. The Morgan fingerprint density at radius 3 is 2.89 bits per heavy atom. The van der Waals surface area contributed by atoms with Crippen molar-refractivity contribution in [3.63, 3.8) is 0 Å². The van der Waals surface area contributed by atoms with Gasteiger partial charge >= 0.3 is 0 Å². The fraction of sp³-hybridized carbons (Fsp3) is 0.231. The second-order valence-electron chi connectivity index (χ2n) is 4.07. The van der Waals surface area contributed by atoms with Gasteiger partial charge in [0.25, 0.3) is 5.91 Å². The quantitative estimate of drug-likeness (QED) is 0.714. The van der Waals surface area contributed by atoms with Crippen LogP contribution in [0.25, 0.3) is 10.9 Å². The molecule has 5 nitrogen and oxygen atoms in total. The molecule has 1 amide bonds. The van der Waals surface area contributed by atoms with Crippen molar-refractivity contribution >= 4 is 16.8 Å². The summed E-state index contributed by atoms with van der Waals surface area (Å²) in [6.07, 6.45) is 0.432. The van der Waals surface area contributed by atoms with E-state index in [1.165, 1.54) is 24.3 Å². The molecule has 1 heterocycles. The fourth-order valence-corrected chi connectivity index (χ4v) is 1.80. The van der Waals surface area contributed by atoms with Crippen molar-refractivity contribution in [2.75, 3.05) is 13.2 Å². The Balaban J connectivity index is 2.42. The molecule has 1 aromatic carbocycles. The number of rotatable bonds is 4. The average Bonchev–Trinajstić information content (AvgIpc) is 2.37. The summed E-state index contributed by atoms with van der Waals surface area (Å²) >= 11 is 0. The van der Waals surface area contributed by atoms with Gasteiger partial charge in [-0.25, -0.2) is 4.39 Å². The highest BCUT2D eigenvalue weighted by Gasteiger charge is 2.11. The second kappa shape index (κ2) is 5.62. The molecule has 0 atom stereocenters. The Kier molecular flexibility index (Phi) is 3.91. The Labute approximate surface area is 108 Å². The van der Waals surface area contributed by atoms with Crippen LogP contribution in [-0.2, 0) is 0 Å². The van der Waals surface area contributed by atoms with Crippen molar-refractivity contribution in [1.82, 2.24) is 10.3 Å². The van der Waals surface area contributed by atoms with E-state index in [-0.39, 0.29) is 17.7 Å². The third-order valence-corrected chi connectivity index (χ3v) is 2.67. The van der Waals surface area contributed by atoms with Crippen LogP contribution in [0.5, 0.6) is 0 Å². The number of hydrogen-bond acceptors (Lipinski definition) is 3. The highest BCUT2D eigenvalue weighted by Crippen LogP contribution is 2.16. The van der Waals surface area contributed by atoms with Gasteiger partial charge < -0.3 is 15.4 Å². The zero-order chi connectivity index (χ0) is 13.8. The molecule has 0 fully saturated rings. The highest BCUT2D eigenvalue weighted by atomic mass is 19.1. The predicted octanol–water partition coefficient (Wildman–Crippen LogP) is 0.779. The molecule has 2 aromatic rings. The van der Waals surface area contributed by atoms with Gasteiger partial charge in [0.2, 0.25) is 5.56 Å². The average molecular weight is 264 g/mol. The van der Waals surface area contributed by atoms with Crippen LogP contribution in [0.4, 0.5) is 4.39 Å². The number of carbonyl (C=O) groups is 1. The maximum absolute atomic E-state index is 13.1. The maximum atomic E-state index is 13.1. The van der Waals surface area contributed by atoms with Gasteiger partial charge in [0.15, 0.2) is 0 Å². The number of aromatic amines is 1. The van der Waals surface area contributed by atoms with Crippen molar-refractivity contribution < 1.29 is 14.3 Å². The van der Waals surface area contributed by atoms with E-state index < -0.39 is 17.3 Å². The fourth-order valence-electron chi connectivity index (χ4n) is 1.80. The van der Waals surface area contributed by atoms with Gasteiger partial charge in [0.05, 0.1) is 11.1 Å². The van der Waals surface area contributed by atoms with Gasteiger partial charge in [-0.15, -0.1) is 0 Å². The number of hydrogen-bond donors (Lipinski definition) is 3. The largest absolute Gasteiger partial charge is 0.396 e. The standard InChI is InChI=1S/C13H13FN2O3/c14-8-2-3-9-10(13(19)15-4-1-5-17)7-12(18)16-11(9)6-8/h2-3,6-7,17H,1,4-5H2,(H,15,19)(H,16,18). The molecular weight excluding hydrogens is 251 g/mol. The van der Waals surface area contributed by atoms with E-state index in [1.54, 1.807) is 0 Å². The summed E-state index contributed by atoms with van der Waals surface area (Å²) < 4.78 is 13.1. The highest BCUT2D eigenvalue weighted by molar-refractivity contribution is 6.05. The van der Waals surface area contributed by atoms with Crippen molar-refractivity contribution in [1.29, 1.82) is 0 Å². The van der Waals surface area contributed by atoms with Gasteiger partial charge in [-0.3, -0.25) is 9.59 Å². The van der Waals surface area contributed by atoms with Gasteiger partial charge in [-0.05, 0) is 24.6 Å². The molecule has 0 radical (unpaired) electrons. The van der Waals surface area contributed by atoms with Crippen LogP contribution >= 0.6 is 0 Å². The molecule has 0 saturated heterocycles. The molecule has 100 valence electrons. The van der Waals surface area contributed by atoms with E-state index in [4.69, 9.17) is 5.11 Å². The Hall–Kier alpha value is -2.21. The number of aromatic nitrogens is 1. The number of amides is 1. The Morgan fingerprint density at radius 1 is 1.37 bits per heavy atom. The molecule has 3 N–H and O–H groups in total. The summed E-state index contributed by atoms with van der Waals surface area (Å²) in [5.74, 6) is -0.905. The normalized spacial score (nSPS) is 10.6. The van der Waals surface area contributed by atoms with Crippen LogP contribution in [0.2, 0.25) is 0 Å². The molecule has 2 rings (SSSR count). The molecule has 1 aromatic heterocycles. The number of benzene rings is 1. The first-order valence-corrected chi connectivity index (χ1v) is 5.83. The van der Waals surface area contributed by atoms with Crippen LogP contribution in [0.15, 0.2) is 29.1 Å². The van der Waals surface area contributed by atoms with E-state index in [0.717, 1.165) is 0 Å². The third-order valence-electron chi connectivity index (χ3n) is 2.67. The van der Waals surface area contributed by atoms with E-state index in [1.807, 2.05) is 0 Å². The van der Waals surface area contributed by atoms with Crippen LogP contribution in [0.3, 0.4) is 0 Å². The molecule has 0 spiro atoms. The van der Waals surface area contributed by atoms with Crippen LogP contribution in [-0.4, -0.2) is 29.1 Å². The SMILES string of the molecule is O=C(NCCCO)c1cc(=O)[nH]c2cc(F)ccc12. The molecule has 0 aliphatic carbocycles. The van der Waals surface area contributed by atoms with Crippen molar-refractivity contribution in [2.45, 2.75) is 6.42 Å². The zero-order valence-corrected chi connectivity index (χ0v) is 10.1. The zero-order valence-electron chi connectivity index (χ0n) is 10.1. The van der Waals surface area contributed by atoms with Gasteiger partial charge in [-0.1, -0.05) is 0 Å². The van der Waals surface area contributed by atoms with E-state index in [0.29, 0.717) is 18.4 Å². The minimum atomic E-state index is -0.485. The number of nitrogens with one attached hydrogen (secondary N) is 2. The first-order valence-electron chi connectivity index (χ1n) is 5.83.